The van der Waals surface area contributed by atoms with Crippen molar-refractivity contribution in [2.75, 3.05) is 19.8 Å². The monoisotopic (exact) mass is 706 g/mol. The number of fused-ring (bicyclic) bond motifs is 6. The number of ether oxygens (including phenoxy) is 4. The third-order valence-corrected chi connectivity index (χ3v) is 9.53. The van der Waals surface area contributed by atoms with Crippen LogP contribution in [0.5, 0.6) is 5.75 Å². The molecule has 0 radical (unpaired) electrons. The van der Waals surface area contributed by atoms with Crippen LogP contribution in [0.25, 0.3) is 32.3 Å². The van der Waals surface area contributed by atoms with Crippen LogP contribution in [-0.4, -0.2) is 42.8 Å². The van der Waals surface area contributed by atoms with Crippen LogP contribution < -0.4 is 4.74 Å². The van der Waals surface area contributed by atoms with Crippen LogP contribution >= 0.6 is 0 Å². The Morgan fingerprint density at radius 2 is 0.942 bits per heavy atom. The number of ketones is 3. The highest BCUT2D eigenvalue weighted by atomic mass is 16.5. The number of allylic oxidation sites excluding steroid dienone is 1. The van der Waals surface area contributed by atoms with E-state index in [0.29, 0.717) is 18.2 Å². The van der Waals surface area contributed by atoms with Crippen molar-refractivity contribution in [1.82, 2.24) is 0 Å². The average molecular weight is 707 g/mol. The Labute approximate surface area is 308 Å². The molecule has 52 heavy (non-hydrogen) atoms. The fraction of sp³-hybridized carbons (Fsp3) is 0.400. The van der Waals surface area contributed by atoms with Crippen molar-refractivity contribution in [3.8, 4) is 5.75 Å². The lowest BCUT2D eigenvalue weighted by Crippen LogP contribution is -2.60. The minimum Gasteiger partial charge on any atom is -0.490 e. The van der Waals surface area contributed by atoms with E-state index in [0.717, 1.165) is 71.9 Å². The van der Waals surface area contributed by atoms with Crippen LogP contribution in [0.4, 0.5) is 0 Å². The summed E-state index contributed by atoms with van der Waals surface area (Å²) in [6.07, 6.45) is 7.61. The lowest BCUT2D eigenvalue weighted by atomic mass is 9.76. The molecule has 7 nitrogen and oxygen atoms in total. The molecule has 0 saturated carbocycles. The van der Waals surface area contributed by atoms with E-state index in [-0.39, 0.29) is 42.8 Å². The van der Waals surface area contributed by atoms with Crippen LogP contribution in [0, 0.1) is 5.92 Å². The zero-order valence-electron chi connectivity index (χ0n) is 31.4. The van der Waals surface area contributed by atoms with Crippen LogP contribution in [0.15, 0.2) is 104 Å². The van der Waals surface area contributed by atoms with Crippen molar-refractivity contribution < 1.29 is 33.3 Å². The van der Waals surface area contributed by atoms with Gasteiger partial charge in [0.15, 0.2) is 17.3 Å². The Morgan fingerprint density at radius 3 is 1.38 bits per heavy atom. The molecule has 0 bridgehead atoms. The van der Waals surface area contributed by atoms with Gasteiger partial charge in [-0.2, -0.15) is 0 Å². The summed E-state index contributed by atoms with van der Waals surface area (Å²) in [5.41, 5.74) is -2.53. The first-order valence-corrected chi connectivity index (χ1v) is 18.7. The predicted octanol–water partition coefficient (Wildman–Crippen LogP) is 10.8. The van der Waals surface area contributed by atoms with Gasteiger partial charge in [-0.25, -0.2) is 0 Å². The van der Waals surface area contributed by atoms with Gasteiger partial charge in [-0.15, -0.1) is 0 Å². The summed E-state index contributed by atoms with van der Waals surface area (Å²) < 4.78 is 24.4. The lowest BCUT2D eigenvalue weighted by molar-refractivity contribution is -0.156. The molecule has 0 N–H and O–H groups in total. The Kier molecular flexibility index (Phi) is 14.6. The van der Waals surface area contributed by atoms with Crippen LogP contribution in [0.2, 0.25) is 0 Å². The van der Waals surface area contributed by atoms with Gasteiger partial charge in [0.25, 0.3) is 0 Å². The maximum atomic E-state index is 14.9. The summed E-state index contributed by atoms with van der Waals surface area (Å²) in [5, 5.41) is 5.37. The first-order chi connectivity index (χ1) is 25.1. The van der Waals surface area contributed by atoms with Gasteiger partial charge in [-0.3, -0.25) is 14.4 Å². The maximum absolute atomic E-state index is 14.9. The van der Waals surface area contributed by atoms with E-state index in [1.165, 1.54) is 6.92 Å². The molecular formula is C45H54O7. The highest BCUT2D eigenvalue weighted by Crippen LogP contribution is 2.43. The molecular weight excluding hydrogens is 652 g/mol. The second-order valence-corrected chi connectivity index (χ2v) is 13.3. The number of carbonyl (C=O) groups is 3. The molecule has 0 aliphatic rings. The molecule has 4 aromatic rings. The molecule has 1 unspecified atom stereocenters. The summed E-state index contributed by atoms with van der Waals surface area (Å²) in [5.74, 6) is -4.43. The molecule has 0 heterocycles. The van der Waals surface area contributed by atoms with Crippen LogP contribution in [-0.2, 0) is 28.6 Å². The molecule has 0 spiro atoms. The van der Waals surface area contributed by atoms with Gasteiger partial charge in [0.05, 0.1) is 25.7 Å². The number of unbranched alkanes of at least 4 members (excludes halogenated alkanes) is 6. The van der Waals surface area contributed by atoms with Crippen molar-refractivity contribution in [3.63, 3.8) is 0 Å². The lowest BCUT2D eigenvalue weighted by Gasteiger charge is -2.37. The van der Waals surface area contributed by atoms with E-state index in [1.54, 1.807) is 6.07 Å². The highest BCUT2D eigenvalue weighted by Gasteiger charge is 2.58. The number of hydrogen-bond donors (Lipinski definition) is 0. The second-order valence-electron chi connectivity index (χ2n) is 13.3. The largest absolute Gasteiger partial charge is 0.490 e. The molecule has 4 aromatic carbocycles. The van der Waals surface area contributed by atoms with Crippen molar-refractivity contribution in [3.05, 3.63) is 104 Å². The topological polar surface area (TPSA) is 88.1 Å². The van der Waals surface area contributed by atoms with E-state index in [9.17, 15) is 14.4 Å². The molecule has 0 fully saturated rings. The molecule has 276 valence electrons. The van der Waals surface area contributed by atoms with Gasteiger partial charge in [-0.1, -0.05) is 147 Å². The van der Waals surface area contributed by atoms with Gasteiger partial charge in [-0.05, 0) is 52.3 Å². The normalized spacial score (nSPS) is 12.0. The molecule has 0 aromatic heterocycles. The van der Waals surface area contributed by atoms with E-state index in [4.69, 9.17) is 18.9 Å². The Morgan fingerprint density at radius 1 is 0.558 bits per heavy atom. The SMILES string of the molecule is C=C(OCCCCC)C(=O)C(C)C(Oc1cccc2c3ccccc3c3ccccc3c12)(C(=O)C(=C)OCCCCC)C(=O)C(=C)OCCCCC. The van der Waals surface area contributed by atoms with Gasteiger partial charge >= 0.3 is 0 Å². The summed E-state index contributed by atoms with van der Waals surface area (Å²) >= 11 is 0. The van der Waals surface area contributed by atoms with E-state index in [2.05, 4.69) is 46.6 Å². The fourth-order valence-electron chi connectivity index (χ4n) is 6.54. The van der Waals surface area contributed by atoms with Gasteiger partial charge < -0.3 is 18.9 Å². The van der Waals surface area contributed by atoms with Gasteiger partial charge in [0.2, 0.25) is 23.0 Å². The summed E-state index contributed by atoms with van der Waals surface area (Å²) in [4.78, 5) is 44.2. The van der Waals surface area contributed by atoms with Crippen LogP contribution in [0.1, 0.15) is 85.5 Å². The first kappa shape index (κ1) is 39.9. The van der Waals surface area contributed by atoms with Crippen LogP contribution in [0.3, 0.4) is 0 Å². The Balaban J connectivity index is 1.96. The van der Waals surface area contributed by atoms with Gasteiger partial charge in [0, 0.05) is 5.39 Å². The molecule has 0 saturated heterocycles. The predicted molar refractivity (Wildman–Crippen MR) is 210 cm³/mol. The van der Waals surface area contributed by atoms with Crippen molar-refractivity contribution in [2.24, 2.45) is 5.92 Å². The fourth-order valence-corrected chi connectivity index (χ4v) is 6.54. The molecule has 1 atom stereocenters. The number of hydrogen-bond acceptors (Lipinski definition) is 7. The molecule has 0 aliphatic heterocycles. The molecule has 0 aliphatic carbocycles. The van der Waals surface area contributed by atoms with E-state index < -0.39 is 28.9 Å². The molecule has 7 heteroatoms. The number of rotatable bonds is 24. The van der Waals surface area contributed by atoms with Gasteiger partial charge in [0.1, 0.15) is 5.75 Å². The van der Waals surface area contributed by atoms with E-state index in [1.807, 2.05) is 54.6 Å². The second kappa shape index (κ2) is 19.1. The zero-order valence-corrected chi connectivity index (χ0v) is 31.4. The van der Waals surface area contributed by atoms with Crippen molar-refractivity contribution >= 4 is 49.7 Å². The highest BCUT2D eigenvalue weighted by molar-refractivity contribution is 6.28. The summed E-state index contributed by atoms with van der Waals surface area (Å²) in [7, 11) is 0. The smallest absolute Gasteiger partial charge is 0.249 e. The van der Waals surface area contributed by atoms with Crippen molar-refractivity contribution in [2.45, 2.75) is 91.1 Å². The maximum Gasteiger partial charge on any atom is 0.249 e. The standard InChI is InChI=1S/C45H54O7/c1-8-11-18-28-49-32(5)42(46)31(4)45(43(47)33(6)50-29-19-12-9-2,44(48)34(7)51-30-20-13-10-3)52-40-27-21-26-39-37-23-15-14-22-35(37)36-24-16-17-25-38(36)41(39)40/h14-17,21-27,31H,5-13,18-20,28-30H2,1-4H3. The molecule has 0 amide bonds. The molecule has 4 rings (SSSR count). The average Bonchev–Trinajstić information content (AvgIpc) is 3.17. The minimum absolute atomic E-state index is 0.171. The third kappa shape index (κ3) is 8.75. The number of carbonyl (C=O) groups excluding carboxylic acids is 3. The van der Waals surface area contributed by atoms with Crippen molar-refractivity contribution in [1.29, 1.82) is 0 Å². The third-order valence-electron chi connectivity index (χ3n) is 9.53. The zero-order chi connectivity index (χ0) is 37.7. The Hall–Kier alpha value is -4.91. The minimum atomic E-state index is -2.53. The Bertz CT molecular complexity index is 1840. The number of Topliss-reactive ketones (excluding diaryl/α,β-unsaturated/α-hetero) is 3. The summed E-state index contributed by atoms with van der Waals surface area (Å²) in [6.45, 7) is 20.2. The quantitative estimate of drug-likeness (QED) is 0.0236. The van der Waals surface area contributed by atoms with E-state index >= 15 is 0 Å². The first-order valence-electron chi connectivity index (χ1n) is 18.7. The summed E-state index contributed by atoms with van der Waals surface area (Å²) in [6, 6.07) is 21.5. The number of benzene rings is 4.